The van der Waals surface area contributed by atoms with Crippen molar-refractivity contribution in [2.24, 2.45) is 23.2 Å². The van der Waals surface area contributed by atoms with Crippen LogP contribution in [0.15, 0.2) is 35.5 Å². The van der Waals surface area contributed by atoms with Gasteiger partial charge in [0.25, 0.3) is 0 Å². The number of carboxylic acid groups (broad SMARTS) is 1. The van der Waals surface area contributed by atoms with Crippen molar-refractivity contribution in [3.05, 3.63) is 35.5 Å². The minimum absolute atomic E-state index is 0.0297. The number of aliphatic hydroxyl groups excluding tert-OH is 1. The van der Waals surface area contributed by atoms with Gasteiger partial charge in [0, 0.05) is 12.8 Å². The van der Waals surface area contributed by atoms with Crippen LogP contribution in [0.4, 0.5) is 0 Å². The number of aliphatic hydroxyl groups is 1. The van der Waals surface area contributed by atoms with Crippen LogP contribution in [0.25, 0.3) is 0 Å². The molecule has 3 aliphatic carbocycles. The van der Waals surface area contributed by atoms with Crippen molar-refractivity contribution in [1.82, 2.24) is 0 Å². The first kappa shape index (κ1) is 44.6. The Hall–Kier alpha value is -0.819. The highest BCUT2D eigenvalue weighted by molar-refractivity contribution is 6.74. The highest BCUT2D eigenvalue weighted by atomic mass is 28.4. The van der Waals surface area contributed by atoms with Crippen molar-refractivity contribution in [2.75, 3.05) is 0 Å². The predicted molar refractivity (Wildman–Crippen MR) is 222 cm³/mol. The van der Waals surface area contributed by atoms with E-state index in [2.05, 4.69) is 100 Å². The van der Waals surface area contributed by atoms with E-state index in [-0.39, 0.29) is 40.0 Å². The van der Waals surface area contributed by atoms with Crippen LogP contribution in [-0.4, -0.2) is 65.0 Å². The van der Waals surface area contributed by atoms with Gasteiger partial charge in [-0.25, -0.2) is 4.79 Å². The Morgan fingerprint density at radius 3 is 2.06 bits per heavy atom. The lowest BCUT2D eigenvalue weighted by atomic mass is 9.60. The first-order chi connectivity index (χ1) is 22.9. The topological polar surface area (TPSA) is 85.2 Å². The van der Waals surface area contributed by atoms with Crippen molar-refractivity contribution in [3.8, 4) is 0 Å². The lowest BCUT2D eigenvalue weighted by Crippen LogP contribution is -2.49. The Morgan fingerprint density at radius 2 is 1.53 bits per heavy atom. The average Bonchev–Trinajstić information content (AvgIpc) is 3.28. The molecule has 0 bridgehead atoms. The number of hydrogen-bond donors (Lipinski definition) is 2. The third kappa shape index (κ3) is 10.7. The molecule has 0 aromatic heterocycles. The van der Waals surface area contributed by atoms with Crippen molar-refractivity contribution < 1.29 is 28.3 Å². The SMILES string of the molecule is C=C1C(=CC=C2CCC[C@]3(C)[C@@H]([C@H](C)C[C@@H](O)C[C@](C)(O[Si](C)(C)C)C(=O)O)CC[C@@H]23)C[C@H](O[Si](C)(C)C(C)(C)C)C[C@H]1O[Si](C)(C)C(C)(C)C. The Morgan fingerprint density at radius 1 is 0.961 bits per heavy atom. The molecule has 0 amide bonds. The molecule has 0 aromatic carbocycles. The van der Waals surface area contributed by atoms with Crippen LogP contribution >= 0.6 is 0 Å². The Bertz CT molecular complexity index is 1310. The summed E-state index contributed by atoms with van der Waals surface area (Å²) >= 11 is 0. The Balaban J connectivity index is 1.85. The van der Waals surface area contributed by atoms with Crippen molar-refractivity contribution in [3.63, 3.8) is 0 Å². The van der Waals surface area contributed by atoms with Crippen LogP contribution in [0, 0.1) is 23.2 Å². The van der Waals surface area contributed by atoms with Gasteiger partial charge in [0.05, 0.1) is 18.3 Å². The summed E-state index contributed by atoms with van der Waals surface area (Å²) in [6.07, 6.45) is 12.4. The van der Waals surface area contributed by atoms with Crippen LogP contribution in [0.2, 0.25) is 55.9 Å². The maximum atomic E-state index is 12.2. The summed E-state index contributed by atoms with van der Waals surface area (Å²) in [6.45, 7) is 40.3. The smallest absolute Gasteiger partial charge is 0.334 e. The summed E-state index contributed by atoms with van der Waals surface area (Å²) in [5.74, 6) is 0.300. The van der Waals surface area contributed by atoms with Gasteiger partial charge >= 0.3 is 5.97 Å². The van der Waals surface area contributed by atoms with Gasteiger partial charge in [-0.05, 0) is 142 Å². The molecule has 0 heterocycles. The number of fused-ring (bicyclic) bond motifs is 1. The predicted octanol–water partition coefficient (Wildman–Crippen LogP) is 11.7. The fourth-order valence-corrected chi connectivity index (χ4v) is 13.1. The van der Waals surface area contributed by atoms with E-state index < -0.39 is 42.6 Å². The van der Waals surface area contributed by atoms with Gasteiger partial charge in [-0.3, -0.25) is 0 Å². The molecule has 3 fully saturated rings. The Labute approximate surface area is 316 Å². The molecule has 294 valence electrons. The van der Waals surface area contributed by atoms with E-state index in [1.165, 1.54) is 18.4 Å². The summed E-state index contributed by atoms with van der Waals surface area (Å²) in [5.41, 5.74) is 2.76. The summed E-state index contributed by atoms with van der Waals surface area (Å²) < 4.78 is 20.3. The molecule has 8 atom stereocenters. The first-order valence-electron chi connectivity index (χ1n) is 20.0. The van der Waals surface area contributed by atoms with Crippen molar-refractivity contribution >= 4 is 30.9 Å². The zero-order valence-corrected chi connectivity index (χ0v) is 38.7. The molecule has 3 aliphatic rings. The minimum atomic E-state index is -2.12. The van der Waals surface area contributed by atoms with Crippen LogP contribution in [0.1, 0.15) is 120 Å². The molecular weight excluding hydrogens is 685 g/mol. The lowest BCUT2D eigenvalue weighted by Gasteiger charge is -2.46. The zero-order valence-electron chi connectivity index (χ0n) is 35.7. The highest BCUT2D eigenvalue weighted by Crippen LogP contribution is 2.60. The quantitative estimate of drug-likeness (QED) is 0.182. The largest absolute Gasteiger partial charge is 0.479 e. The molecule has 51 heavy (non-hydrogen) atoms. The standard InChI is InChI=1S/C42H78O6Si3/c1-29(25-33(43)28-42(10,38(44)45)48-49(11,12)13)35-22-23-36-31(19-18-24-41(35,36)9)20-21-32-26-34(46-50(14,15)39(3,4)5)27-37(30(32)2)47-51(16,17)40(6,7)8/h20-21,29,33-37,43H,2,18-19,22-28H2,1,3-17H3,(H,44,45)/t29-,33-,34+,35-,36+,37-,41-,42+/m1/s1. The number of aliphatic carboxylic acids is 1. The first-order valence-corrected chi connectivity index (χ1v) is 29.2. The molecule has 0 unspecified atom stereocenters. The summed E-state index contributed by atoms with van der Waals surface area (Å²) in [4.78, 5) is 12.2. The number of allylic oxidation sites excluding steroid dienone is 3. The van der Waals surface area contributed by atoms with Gasteiger partial charge < -0.3 is 23.5 Å². The van der Waals surface area contributed by atoms with E-state index >= 15 is 0 Å². The van der Waals surface area contributed by atoms with E-state index in [1.54, 1.807) is 12.5 Å². The zero-order chi connectivity index (χ0) is 39.2. The maximum Gasteiger partial charge on any atom is 0.334 e. The molecule has 2 N–H and O–H groups in total. The summed E-state index contributed by atoms with van der Waals surface area (Å²) in [6, 6.07) is 0. The van der Waals surface area contributed by atoms with Gasteiger partial charge in [0.1, 0.15) is 0 Å². The molecule has 0 aliphatic heterocycles. The van der Waals surface area contributed by atoms with Gasteiger partial charge in [0.2, 0.25) is 0 Å². The fraction of sp³-hybridized carbons (Fsp3) is 0.833. The molecule has 0 spiro atoms. The van der Waals surface area contributed by atoms with Crippen molar-refractivity contribution in [1.29, 1.82) is 0 Å². The second-order valence-corrected chi connectivity index (χ2v) is 35.1. The third-order valence-corrected chi connectivity index (χ3v) is 23.8. The number of rotatable bonds is 13. The number of carbonyl (C=O) groups is 1. The molecule has 0 saturated heterocycles. The molecule has 6 nitrogen and oxygen atoms in total. The average molecular weight is 763 g/mol. The van der Waals surface area contributed by atoms with Gasteiger partial charge in [-0.1, -0.05) is 79.7 Å². The van der Waals surface area contributed by atoms with E-state index in [0.29, 0.717) is 18.3 Å². The molecule has 9 heteroatoms. The van der Waals surface area contributed by atoms with E-state index in [0.717, 1.165) is 37.7 Å². The van der Waals surface area contributed by atoms with Gasteiger partial charge in [-0.15, -0.1) is 0 Å². The normalized spacial score (nSPS) is 31.0. The molecule has 0 radical (unpaired) electrons. The second kappa shape index (κ2) is 15.7. The summed E-state index contributed by atoms with van der Waals surface area (Å²) in [7, 11) is -6.13. The maximum absolute atomic E-state index is 12.2. The summed E-state index contributed by atoms with van der Waals surface area (Å²) in [5, 5.41) is 21.5. The monoisotopic (exact) mass is 763 g/mol. The van der Waals surface area contributed by atoms with Gasteiger partial charge in [0.15, 0.2) is 30.6 Å². The van der Waals surface area contributed by atoms with Crippen LogP contribution in [-0.2, 0) is 18.1 Å². The van der Waals surface area contributed by atoms with E-state index in [1.807, 2.05) is 19.6 Å². The van der Waals surface area contributed by atoms with E-state index in [4.69, 9.17) is 13.3 Å². The van der Waals surface area contributed by atoms with E-state index in [9.17, 15) is 15.0 Å². The lowest BCUT2D eigenvalue weighted by molar-refractivity contribution is -0.157. The van der Waals surface area contributed by atoms with Crippen LogP contribution in [0.5, 0.6) is 0 Å². The van der Waals surface area contributed by atoms with Crippen molar-refractivity contribution in [2.45, 2.75) is 200 Å². The highest BCUT2D eigenvalue weighted by Gasteiger charge is 2.51. The minimum Gasteiger partial charge on any atom is -0.479 e. The molecule has 3 rings (SSSR count). The van der Waals surface area contributed by atoms with Crippen LogP contribution in [0.3, 0.4) is 0 Å². The molecular formula is C42H78O6Si3. The fourth-order valence-electron chi connectivity index (χ4n) is 8.95. The Kier molecular flexibility index (Phi) is 13.8. The number of carboxylic acids is 1. The molecule has 0 aromatic rings. The second-order valence-electron chi connectivity index (χ2n) is 21.2. The van der Waals surface area contributed by atoms with Gasteiger partial charge in [-0.2, -0.15) is 0 Å². The van der Waals surface area contributed by atoms with Crippen LogP contribution < -0.4 is 0 Å². The number of hydrogen-bond acceptors (Lipinski definition) is 5. The third-order valence-electron chi connectivity index (χ3n) is 13.7. The molecule has 3 saturated carbocycles.